The van der Waals surface area contributed by atoms with E-state index >= 15 is 0 Å². The standard InChI is InChI=1S/C25H32N4O4S2/c1-7-19-16(5)35-23(21(19)24(31)32-6)26-20(30)14-34-25-28-27-22(29(25)8-2)17-9-11-18(12-10-17)33-13-15(3)4/h9-12,15H,7-8,13-14H2,1-6H3,(H,26,30). The molecule has 3 aromatic rings. The van der Waals surface area contributed by atoms with E-state index in [1.807, 2.05) is 49.6 Å². The number of hydrogen-bond acceptors (Lipinski definition) is 8. The second-order valence-corrected chi connectivity index (χ2v) is 10.5. The summed E-state index contributed by atoms with van der Waals surface area (Å²) in [4.78, 5) is 26.0. The van der Waals surface area contributed by atoms with E-state index in [1.54, 1.807) is 0 Å². The maximum absolute atomic E-state index is 12.7. The van der Waals surface area contributed by atoms with Crippen LogP contribution in [0.3, 0.4) is 0 Å². The summed E-state index contributed by atoms with van der Waals surface area (Å²) < 4.78 is 12.7. The monoisotopic (exact) mass is 516 g/mol. The third-order valence-electron chi connectivity index (χ3n) is 5.27. The first kappa shape index (κ1) is 26.7. The molecular formula is C25H32N4O4S2. The molecule has 0 bridgehead atoms. The van der Waals surface area contributed by atoms with Crippen molar-refractivity contribution in [2.24, 2.45) is 5.92 Å². The molecule has 1 aromatic carbocycles. The SMILES string of the molecule is CCc1c(C)sc(NC(=O)CSc2nnc(-c3ccc(OCC(C)C)cc3)n2CC)c1C(=O)OC. The number of esters is 1. The van der Waals surface area contributed by atoms with Crippen LogP contribution in [0.5, 0.6) is 5.75 Å². The highest BCUT2D eigenvalue weighted by Crippen LogP contribution is 2.34. The number of carbonyl (C=O) groups is 2. The lowest BCUT2D eigenvalue weighted by Gasteiger charge is -2.10. The molecule has 0 aliphatic carbocycles. The summed E-state index contributed by atoms with van der Waals surface area (Å²) in [5, 5.41) is 12.7. The first-order chi connectivity index (χ1) is 16.8. The summed E-state index contributed by atoms with van der Waals surface area (Å²) in [5.74, 6) is 1.49. The Morgan fingerprint density at radius 1 is 1.17 bits per heavy atom. The summed E-state index contributed by atoms with van der Waals surface area (Å²) in [5.41, 5.74) is 2.27. The zero-order valence-corrected chi connectivity index (χ0v) is 22.6. The molecule has 0 fully saturated rings. The number of thiophene rings is 1. The molecule has 0 unspecified atom stereocenters. The number of methoxy groups -OCH3 is 1. The van der Waals surface area contributed by atoms with Crippen molar-refractivity contribution in [1.29, 1.82) is 0 Å². The number of nitrogens with one attached hydrogen (secondary N) is 1. The number of aromatic nitrogens is 3. The highest BCUT2D eigenvalue weighted by atomic mass is 32.2. The highest BCUT2D eigenvalue weighted by molar-refractivity contribution is 7.99. The third kappa shape index (κ3) is 6.43. The lowest BCUT2D eigenvalue weighted by atomic mass is 10.1. The van der Waals surface area contributed by atoms with Gasteiger partial charge < -0.3 is 19.4 Å². The van der Waals surface area contributed by atoms with Crippen LogP contribution >= 0.6 is 23.1 Å². The number of benzene rings is 1. The van der Waals surface area contributed by atoms with Crippen LogP contribution in [0.15, 0.2) is 29.4 Å². The van der Waals surface area contributed by atoms with Gasteiger partial charge in [-0.3, -0.25) is 4.79 Å². The molecule has 0 aliphatic heterocycles. The third-order valence-corrected chi connectivity index (χ3v) is 7.30. The maximum atomic E-state index is 12.7. The molecule has 1 amide bonds. The molecule has 0 spiro atoms. The zero-order chi connectivity index (χ0) is 25.5. The predicted octanol–water partition coefficient (Wildman–Crippen LogP) is 5.45. The van der Waals surface area contributed by atoms with Crippen LogP contribution in [-0.2, 0) is 22.5 Å². The fourth-order valence-corrected chi connectivity index (χ4v) is 5.51. The van der Waals surface area contributed by atoms with Crippen LogP contribution in [0.2, 0.25) is 0 Å². The number of hydrogen-bond donors (Lipinski definition) is 1. The number of carbonyl (C=O) groups excluding carboxylic acids is 2. The Bertz CT molecular complexity index is 1170. The molecule has 2 heterocycles. The minimum atomic E-state index is -0.440. The van der Waals surface area contributed by atoms with Crippen LogP contribution in [0.4, 0.5) is 5.00 Å². The van der Waals surface area contributed by atoms with Gasteiger partial charge in [-0.1, -0.05) is 32.5 Å². The molecule has 2 aromatic heterocycles. The van der Waals surface area contributed by atoms with Gasteiger partial charge in [-0.15, -0.1) is 21.5 Å². The van der Waals surface area contributed by atoms with Gasteiger partial charge in [0.2, 0.25) is 5.91 Å². The topological polar surface area (TPSA) is 95.3 Å². The predicted molar refractivity (Wildman–Crippen MR) is 141 cm³/mol. The second kappa shape index (κ2) is 12.2. The maximum Gasteiger partial charge on any atom is 0.341 e. The fraction of sp³-hybridized carbons (Fsp3) is 0.440. The van der Waals surface area contributed by atoms with Gasteiger partial charge in [0.05, 0.1) is 25.0 Å². The molecule has 0 aliphatic rings. The molecule has 0 atom stereocenters. The quantitative estimate of drug-likeness (QED) is 0.267. The smallest absolute Gasteiger partial charge is 0.341 e. The Labute approximate surface area is 214 Å². The van der Waals surface area contributed by atoms with Crippen LogP contribution in [0, 0.1) is 12.8 Å². The van der Waals surface area contributed by atoms with Crippen molar-refractivity contribution < 1.29 is 19.1 Å². The van der Waals surface area contributed by atoms with Crippen LogP contribution in [0.1, 0.15) is 48.5 Å². The van der Waals surface area contributed by atoms with E-state index in [0.29, 0.717) is 41.2 Å². The summed E-state index contributed by atoms with van der Waals surface area (Å²) >= 11 is 2.70. The number of amides is 1. The van der Waals surface area contributed by atoms with Gasteiger partial charge in [-0.2, -0.15) is 0 Å². The minimum Gasteiger partial charge on any atom is -0.493 e. The van der Waals surface area contributed by atoms with Crippen molar-refractivity contribution >= 4 is 40.0 Å². The van der Waals surface area contributed by atoms with E-state index < -0.39 is 5.97 Å². The number of rotatable bonds is 11. The molecule has 0 saturated carbocycles. The van der Waals surface area contributed by atoms with Gasteiger partial charge >= 0.3 is 5.97 Å². The van der Waals surface area contributed by atoms with Gasteiger partial charge in [0.25, 0.3) is 0 Å². The summed E-state index contributed by atoms with van der Waals surface area (Å²) in [6, 6.07) is 7.79. The Hall–Kier alpha value is -2.85. The van der Waals surface area contributed by atoms with Gasteiger partial charge in [0.1, 0.15) is 10.8 Å². The number of anilines is 1. The summed E-state index contributed by atoms with van der Waals surface area (Å²) in [6.45, 7) is 11.5. The van der Waals surface area contributed by atoms with E-state index in [0.717, 1.165) is 27.6 Å². The summed E-state index contributed by atoms with van der Waals surface area (Å²) in [6.07, 6.45) is 0.685. The largest absolute Gasteiger partial charge is 0.493 e. The van der Waals surface area contributed by atoms with Crippen LogP contribution < -0.4 is 10.1 Å². The fourth-order valence-electron chi connectivity index (χ4n) is 3.56. The van der Waals surface area contributed by atoms with Crippen molar-refractivity contribution in [3.05, 3.63) is 40.3 Å². The molecule has 10 heteroatoms. The molecule has 35 heavy (non-hydrogen) atoms. The molecule has 0 saturated heterocycles. The summed E-state index contributed by atoms with van der Waals surface area (Å²) in [7, 11) is 1.34. The molecular weight excluding hydrogens is 484 g/mol. The highest BCUT2D eigenvalue weighted by Gasteiger charge is 2.23. The number of thioether (sulfide) groups is 1. The second-order valence-electron chi connectivity index (χ2n) is 8.30. The molecule has 0 radical (unpaired) electrons. The van der Waals surface area contributed by atoms with Crippen molar-refractivity contribution in [1.82, 2.24) is 14.8 Å². The van der Waals surface area contributed by atoms with E-state index in [1.165, 1.54) is 30.2 Å². The minimum absolute atomic E-state index is 0.138. The molecule has 188 valence electrons. The zero-order valence-electron chi connectivity index (χ0n) is 21.0. The Morgan fingerprint density at radius 2 is 1.89 bits per heavy atom. The van der Waals surface area contributed by atoms with Gasteiger partial charge in [0, 0.05) is 17.0 Å². The van der Waals surface area contributed by atoms with Crippen molar-refractivity contribution in [2.75, 3.05) is 24.8 Å². The number of nitrogens with zero attached hydrogens (tertiary/aromatic N) is 3. The van der Waals surface area contributed by atoms with Crippen LogP contribution in [0.25, 0.3) is 11.4 Å². The van der Waals surface area contributed by atoms with E-state index in [4.69, 9.17) is 9.47 Å². The lowest BCUT2D eigenvalue weighted by Crippen LogP contribution is -2.16. The van der Waals surface area contributed by atoms with Gasteiger partial charge in [0.15, 0.2) is 11.0 Å². The van der Waals surface area contributed by atoms with Gasteiger partial charge in [-0.25, -0.2) is 4.79 Å². The number of ether oxygens (including phenoxy) is 2. The van der Waals surface area contributed by atoms with Gasteiger partial charge in [-0.05, 0) is 56.0 Å². The first-order valence-corrected chi connectivity index (χ1v) is 13.4. The Kier molecular flexibility index (Phi) is 9.33. The van der Waals surface area contributed by atoms with E-state index in [-0.39, 0.29) is 11.7 Å². The Morgan fingerprint density at radius 3 is 2.49 bits per heavy atom. The number of aryl methyl sites for hydroxylation is 1. The average Bonchev–Trinajstić information content (AvgIpc) is 3.40. The average molecular weight is 517 g/mol. The van der Waals surface area contributed by atoms with Crippen LogP contribution in [-0.4, -0.2) is 46.1 Å². The van der Waals surface area contributed by atoms with Crippen molar-refractivity contribution in [2.45, 2.75) is 52.7 Å². The van der Waals surface area contributed by atoms with E-state index in [2.05, 4.69) is 29.4 Å². The first-order valence-electron chi connectivity index (χ1n) is 11.6. The normalized spacial score (nSPS) is 11.1. The molecule has 8 nitrogen and oxygen atoms in total. The molecule has 1 N–H and O–H groups in total. The Balaban J connectivity index is 1.69. The van der Waals surface area contributed by atoms with Crippen molar-refractivity contribution in [3.8, 4) is 17.1 Å². The molecule has 3 rings (SSSR count). The lowest BCUT2D eigenvalue weighted by molar-refractivity contribution is -0.113. The van der Waals surface area contributed by atoms with Crippen molar-refractivity contribution in [3.63, 3.8) is 0 Å². The van der Waals surface area contributed by atoms with E-state index in [9.17, 15) is 9.59 Å².